The molecule has 8 heteroatoms. The van der Waals surface area contributed by atoms with Crippen LogP contribution in [0.25, 0.3) is 0 Å². The molecule has 8 nitrogen and oxygen atoms in total. The second kappa shape index (κ2) is 18.9. The summed E-state index contributed by atoms with van der Waals surface area (Å²) in [6.07, 6.45) is 15.3. The smallest absolute Gasteiger partial charge is 0.343 e. The first-order chi connectivity index (χ1) is 21.0. The minimum atomic E-state index is -0.473. The predicted octanol–water partition coefficient (Wildman–Crippen LogP) is 6.68. The number of benzene rings is 1. The first-order valence-corrected chi connectivity index (χ1v) is 16.2. The van der Waals surface area contributed by atoms with E-state index in [9.17, 15) is 9.59 Å². The van der Waals surface area contributed by atoms with Crippen molar-refractivity contribution in [3.05, 3.63) is 82.1 Å². The highest BCUT2D eigenvalue weighted by atomic mass is 16.2. The molecule has 1 aliphatic rings. The molecule has 0 aliphatic heterocycles. The summed E-state index contributed by atoms with van der Waals surface area (Å²) in [6.45, 7) is 15.2. The number of urea groups is 1. The summed E-state index contributed by atoms with van der Waals surface area (Å²) in [5.41, 5.74) is 25.4. The fraction of sp³-hybridized carbons (Fsp3) is 0.528. The average Bonchev–Trinajstić information content (AvgIpc) is 3.05. The van der Waals surface area contributed by atoms with Gasteiger partial charge in [0.05, 0.1) is 0 Å². The van der Waals surface area contributed by atoms with E-state index in [1.165, 1.54) is 11.1 Å². The lowest BCUT2D eigenvalue weighted by molar-refractivity contribution is 0.1000. The van der Waals surface area contributed by atoms with Gasteiger partial charge >= 0.3 is 6.03 Å². The normalized spacial score (nSPS) is 19.7. The highest BCUT2D eigenvalue weighted by molar-refractivity contribution is 5.97. The number of carbonyl (C=O) groups is 2. The van der Waals surface area contributed by atoms with Gasteiger partial charge in [0, 0.05) is 29.3 Å². The molecule has 0 aromatic heterocycles. The third-order valence-electron chi connectivity index (χ3n) is 8.31. The van der Waals surface area contributed by atoms with Gasteiger partial charge in [0.25, 0.3) is 0 Å². The Morgan fingerprint density at radius 2 is 1.84 bits per heavy atom. The standard InChI is InChI=1S/C36H56N6O2/c1-7-9-10-14-25(4)41-36(44)42-34(38)33(22-26(5)40-8-2)32-21-20-31(35(39)43)23-30(32)19-18-28-15-12-17-29(27(6)37)16-11-13-24(28)3/h10,14,17,20-21,23,25-26,33,40H,6-9,11-13,15-16,18-19,22,37H2,1-5H3,(H2,39,43)(H3,38,41,42,44)/b14-10-,28-24+,29-17+/t25?,26-,33?/m1/s1. The summed E-state index contributed by atoms with van der Waals surface area (Å²) in [4.78, 5) is 29.4. The van der Waals surface area contributed by atoms with Crippen molar-refractivity contribution >= 4 is 17.8 Å². The number of primary amides is 1. The number of hydrogen-bond acceptors (Lipinski definition) is 4. The number of nitrogens with one attached hydrogen (secondary N) is 2. The van der Waals surface area contributed by atoms with Crippen molar-refractivity contribution < 1.29 is 9.59 Å². The molecule has 0 fully saturated rings. The summed E-state index contributed by atoms with van der Waals surface area (Å²) in [5.74, 6) is -0.545. The number of aryl methyl sites for hydroxylation is 1. The third-order valence-corrected chi connectivity index (χ3v) is 8.31. The maximum atomic E-state index is 12.9. The Bertz CT molecular complexity index is 1260. The molecular weight excluding hydrogens is 548 g/mol. The van der Waals surface area contributed by atoms with Crippen LogP contribution in [0.15, 0.2) is 70.4 Å². The molecule has 0 spiro atoms. The lowest BCUT2D eigenvalue weighted by atomic mass is 9.84. The SMILES string of the molecule is C=C(N)/C1=C/CC/C(CCc2cc(C(N)=O)ccc2C(C[C@@H](C)NCC)/C(N)=N/C(=O)NC(C)/C=C\CCC)=C(/C)CCC1. The van der Waals surface area contributed by atoms with Gasteiger partial charge in [-0.15, -0.1) is 0 Å². The van der Waals surface area contributed by atoms with Crippen molar-refractivity contribution in [3.63, 3.8) is 0 Å². The molecule has 0 heterocycles. The van der Waals surface area contributed by atoms with Gasteiger partial charge in [-0.05, 0) is 114 Å². The average molecular weight is 605 g/mol. The Morgan fingerprint density at radius 1 is 1.09 bits per heavy atom. The number of amidine groups is 1. The van der Waals surface area contributed by atoms with Gasteiger partial charge in [-0.2, -0.15) is 4.99 Å². The number of amides is 3. The number of rotatable bonds is 15. The largest absolute Gasteiger partial charge is 0.399 e. The molecule has 3 atom stereocenters. The first-order valence-electron chi connectivity index (χ1n) is 16.2. The van der Waals surface area contributed by atoms with Gasteiger partial charge in [-0.25, -0.2) is 4.79 Å². The van der Waals surface area contributed by atoms with Crippen LogP contribution in [0.5, 0.6) is 0 Å². The number of allylic oxidation sites excluding steroid dienone is 5. The lowest BCUT2D eigenvalue weighted by Gasteiger charge is -2.25. The number of unbranched alkanes of at least 4 members (excludes halogenated alkanes) is 1. The van der Waals surface area contributed by atoms with E-state index in [1.807, 2.05) is 25.1 Å². The second-order valence-corrected chi connectivity index (χ2v) is 12.0. The number of nitrogens with two attached hydrogens (primary N) is 3. The lowest BCUT2D eigenvalue weighted by Crippen LogP contribution is -2.35. The summed E-state index contributed by atoms with van der Waals surface area (Å²) in [6, 6.07) is 5.06. The predicted molar refractivity (Wildman–Crippen MR) is 185 cm³/mol. The topological polar surface area (TPSA) is 149 Å². The molecule has 1 aromatic carbocycles. The zero-order valence-corrected chi connectivity index (χ0v) is 27.7. The fourth-order valence-corrected chi connectivity index (χ4v) is 5.82. The zero-order chi connectivity index (χ0) is 32.6. The summed E-state index contributed by atoms with van der Waals surface area (Å²) < 4.78 is 0. The summed E-state index contributed by atoms with van der Waals surface area (Å²) in [5, 5.41) is 6.36. The van der Waals surface area contributed by atoms with Crippen LogP contribution in [-0.2, 0) is 6.42 Å². The van der Waals surface area contributed by atoms with Crippen LogP contribution in [0.4, 0.5) is 4.79 Å². The molecule has 0 bridgehead atoms. The minimum Gasteiger partial charge on any atom is -0.399 e. The molecule has 0 saturated carbocycles. The van der Waals surface area contributed by atoms with Crippen LogP contribution >= 0.6 is 0 Å². The first kappa shape index (κ1) is 36.5. The highest BCUT2D eigenvalue weighted by Gasteiger charge is 2.24. The van der Waals surface area contributed by atoms with Crippen molar-refractivity contribution in [1.29, 1.82) is 0 Å². The Labute approximate surface area is 265 Å². The van der Waals surface area contributed by atoms with Gasteiger partial charge in [0.1, 0.15) is 5.84 Å². The van der Waals surface area contributed by atoms with E-state index in [2.05, 4.69) is 62.1 Å². The molecule has 2 unspecified atom stereocenters. The van der Waals surface area contributed by atoms with Crippen LogP contribution in [0.1, 0.15) is 120 Å². The van der Waals surface area contributed by atoms with Crippen LogP contribution in [0, 0.1) is 0 Å². The third kappa shape index (κ3) is 12.2. The van der Waals surface area contributed by atoms with E-state index >= 15 is 0 Å². The Morgan fingerprint density at radius 3 is 2.50 bits per heavy atom. The van der Waals surface area contributed by atoms with Crippen LogP contribution in [0.2, 0.25) is 0 Å². The maximum absolute atomic E-state index is 12.9. The van der Waals surface area contributed by atoms with Gasteiger partial charge < -0.3 is 27.8 Å². The van der Waals surface area contributed by atoms with Crippen molar-refractivity contribution in [3.8, 4) is 0 Å². The van der Waals surface area contributed by atoms with Crippen LogP contribution in [-0.4, -0.2) is 36.4 Å². The molecule has 3 amide bonds. The molecule has 1 aromatic rings. The van der Waals surface area contributed by atoms with Crippen molar-refractivity contribution in [2.75, 3.05) is 6.54 Å². The molecule has 44 heavy (non-hydrogen) atoms. The van der Waals surface area contributed by atoms with Gasteiger partial charge in [-0.1, -0.05) is 62.3 Å². The molecule has 8 N–H and O–H groups in total. The summed E-state index contributed by atoms with van der Waals surface area (Å²) in [7, 11) is 0. The fourth-order valence-electron chi connectivity index (χ4n) is 5.82. The van der Waals surface area contributed by atoms with E-state index in [4.69, 9.17) is 17.2 Å². The van der Waals surface area contributed by atoms with Crippen molar-refractivity contribution in [1.82, 2.24) is 10.6 Å². The van der Waals surface area contributed by atoms with Crippen molar-refractivity contribution in [2.24, 2.45) is 22.2 Å². The Balaban J connectivity index is 2.44. The Hall–Kier alpha value is -3.65. The Kier molecular flexibility index (Phi) is 15.7. The second-order valence-electron chi connectivity index (χ2n) is 12.0. The quantitative estimate of drug-likeness (QED) is 0.0860. The molecule has 242 valence electrons. The molecular formula is C36H56N6O2. The molecule has 0 saturated heterocycles. The van der Waals surface area contributed by atoms with E-state index in [-0.39, 0.29) is 23.8 Å². The van der Waals surface area contributed by atoms with Crippen LogP contribution < -0.4 is 27.8 Å². The van der Waals surface area contributed by atoms with E-state index < -0.39 is 11.9 Å². The molecule has 1 aliphatic carbocycles. The van der Waals surface area contributed by atoms with E-state index in [0.29, 0.717) is 24.1 Å². The van der Waals surface area contributed by atoms with E-state index in [0.717, 1.165) is 74.6 Å². The number of carbonyl (C=O) groups excluding carboxylic acids is 2. The van der Waals surface area contributed by atoms with Crippen molar-refractivity contribution in [2.45, 2.75) is 117 Å². The van der Waals surface area contributed by atoms with Gasteiger partial charge in [-0.3, -0.25) is 4.79 Å². The van der Waals surface area contributed by atoms with E-state index in [1.54, 1.807) is 6.07 Å². The minimum absolute atomic E-state index is 0.124. The number of aliphatic imine (C=N–C) groups is 1. The monoisotopic (exact) mass is 604 g/mol. The molecule has 0 radical (unpaired) electrons. The zero-order valence-electron chi connectivity index (χ0n) is 27.7. The highest BCUT2D eigenvalue weighted by Crippen LogP contribution is 2.31. The van der Waals surface area contributed by atoms with Crippen LogP contribution in [0.3, 0.4) is 0 Å². The maximum Gasteiger partial charge on any atom is 0.343 e. The number of hydrogen-bond donors (Lipinski definition) is 5. The summed E-state index contributed by atoms with van der Waals surface area (Å²) >= 11 is 0. The number of nitrogens with zero attached hydrogens (tertiary/aromatic N) is 1. The molecule has 2 rings (SSSR count). The van der Waals surface area contributed by atoms with Gasteiger partial charge in [0.2, 0.25) is 5.91 Å². The van der Waals surface area contributed by atoms with Gasteiger partial charge in [0.15, 0.2) is 0 Å².